The molecule has 0 bridgehead atoms. The second-order valence-electron chi connectivity index (χ2n) is 7.83. The number of rotatable bonds is 4. The summed E-state index contributed by atoms with van der Waals surface area (Å²) in [6.07, 6.45) is 10.8. The Hall–Kier alpha value is -2.83. The van der Waals surface area contributed by atoms with Crippen LogP contribution < -0.4 is 5.32 Å². The quantitative estimate of drug-likeness (QED) is 0.725. The Morgan fingerprint density at radius 3 is 2.89 bits per heavy atom. The molecule has 3 heterocycles. The number of imidazole rings is 1. The number of anilines is 1. The molecule has 1 N–H and O–H groups in total. The maximum absolute atomic E-state index is 14.8. The molecule has 0 amide bonds. The van der Waals surface area contributed by atoms with Gasteiger partial charge in [-0.15, -0.1) is 0 Å². The van der Waals surface area contributed by atoms with Gasteiger partial charge in [0.2, 0.25) is 5.95 Å². The van der Waals surface area contributed by atoms with Crippen molar-refractivity contribution in [3.05, 3.63) is 53.2 Å². The molecule has 148 valence electrons. The Bertz CT molecular complexity index is 1070. The number of nitrogens with one attached hydrogen (secondary N) is 1. The molecule has 0 radical (unpaired) electrons. The molecule has 1 saturated carbocycles. The lowest BCUT2D eigenvalue weighted by Crippen LogP contribution is -2.34. The molecule has 2 aliphatic carbocycles. The van der Waals surface area contributed by atoms with Gasteiger partial charge in [0.1, 0.15) is 5.67 Å². The van der Waals surface area contributed by atoms with Crippen LogP contribution in [-0.4, -0.2) is 36.8 Å². The summed E-state index contributed by atoms with van der Waals surface area (Å²) in [7, 11) is 0. The number of alkyl halides is 1. The van der Waals surface area contributed by atoms with E-state index in [4.69, 9.17) is 5.10 Å². The van der Waals surface area contributed by atoms with E-state index in [1.165, 1.54) is 0 Å². The fraction of sp³-hybridized carbons (Fsp3) is 0.429. The monoisotopic (exact) mass is 382 g/mol. The summed E-state index contributed by atoms with van der Waals surface area (Å²) in [5.74, 6) is 0.505. The van der Waals surface area contributed by atoms with Crippen molar-refractivity contribution in [3.8, 4) is 0 Å². The molecule has 3 aromatic rings. The van der Waals surface area contributed by atoms with Crippen molar-refractivity contribution < 1.29 is 7.24 Å². The number of hydrogen-bond donors (Lipinski definition) is 1. The number of nitrogens with zero attached hydrogens (tertiary/aromatic N) is 5. The summed E-state index contributed by atoms with van der Waals surface area (Å²) in [4.78, 5) is 13.4. The fourth-order valence-corrected chi connectivity index (χ4v) is 4.17. The maximum atomic E-state index is 14.8. The van der Waals surface area contributed by atoms with Crippen molar-refractivity contribution >= 4 is 17.2 Å². The van der Waals surface area contributed by atoms with Crippen LogP contribution in [0.4, 0.5) is 10.3 Å². The average Bonchev–Trinajstić information content (AvgIpc) is 3.30. The molecule has 28 heavy (non-hydrogen) atoms. The van der Waals surface area contributed by atoms with Gasteiger partial charge in [0.15, 0.2) is 5.65 Å². The molecular weight excluding hydrogens is 355 g/mol. The van der Waals surface area contributed by atoms with Crippen molar-refractivity contribution in [1.82, 2.24) is 24.6 Å². The first kappa shape index (κ1) is 17.3. The third-order valence-corrected chi connectivity index (χ3v) is 5.78. The van der Waals surface area contributed by atoms with E-state index in [0.29, 0.717) is 18.8 Å². The van der Waals surface area contributed by atoms with E-state index in [1.807, 2.05) is 36.0 Å². The van der Waals surface area contributed by atoms with E-state index in [0.717, 1.165) is 59.5 Å². The van der Waals surface area contributed by atoms with Gasteiger partial charge in [-0.05, 0) is 31.9 Å². The van der Waals surface area contributed by atoms with Gasteiger partial charge in [0.25, 0.3) is 0 Å². The molecule has 2 aliphatic rings. The highest BCUT2D eigenvalue weighted by atomic mass is 19.1. The predicted octanol–water partition coefficient (Wildman–Crippen LogP) is 4.39. The summed E-state index contributed by atoms with van der Waals surface area (Å²) in [6, 6.07) is 3.95. The maximum Gasteiger partial charge on any atom is 0.223 e. The number of aromatic nitrogens is 5. The molecule has 0 aromatic carbocycles. The number of fused-ring (bicyclic) bond motifs is 2. The van der Waals surface area contributed by atoms with Crippen molar-refractivity contribution in [3.63, 3.8) is 0 Å². The molecule has 0 spiro atoms. The number of halogens is 1. The molecule has 7 heteroatoms. The van der Waals surface area contributed by atoms with Crippen LogP contribution in [0.15, 0.2) is 30.6 Å². The highest BCUT2D eigenvalue weighted by molar-refractivity contribution is 5.82. The van der Waals surface area contributed by atoms with E-state index in [1.54, 1.807) is 0 Å². The Balaban J connectivity index is 0.00000128. The van der Waals surface area contributed by atoms with Crippen LogP contribution in [0.1, 0.15) is 57.6 Å². The van der Waals surface area contributed by atoms with E-state index in [2.05, 4.69) is 26.3 Å². The standard InChI is InChI=1S/C21H23FN6.2H2/c1-14-11-23-19-8-7-18(27-28(14)19)15-5-6-17-16(15)12-24-20(26-17)25-13-21(22)9-3-2-4-10-21;;/h5,7-8,11-12H,2-4,6,9-10,13H2,1H3,(H,24,25,26);2*1H. The first-order chi connectivity index (χ1) is 13.6. The van der Waals surface area contributed by atoms with Gasteiger partial charge in [0.05, 0.1) is 29.8 Å². The lowest BCUT2D eigenvalue weighted by molar-refractivity contribution is 0.122. The van der Waals surface area contributed by atoms with Crippen molar-refractivity contribution in [2.75, 3.05) is 11.9 Å². The lowest BCUT2D eigenvalue weighted by atomic mass is 9.86. The Morgan fingerprint density at radius 1 is 1.18 bits per heavy atom. The van der Waals surface area contributed by atoms with Crippen molar-refractivity contribution in [1.29, 1.82) is 0 Å². The van der Waals surface area contributed by atoms with Crippen molar-refractivity contribution in [2.45, 2.75) is 51.1 Å². The van der Waals surface area contributed by atoms with Gasteiger partial charge in [-0.1, -0.05) is 25.3 Å². The largest absolute Gasteiger partial charge is 0.351 e. The molecule has 5 rings (SSSR count). The summed E-state index contributed by atoms with van der Waals surface area (Å²) in [5, 5.41) is 7.83. The topological polar surface area (TPSA) is 68.0 Å². The van der Waals surface area contributed by atoms with E-state index < -0.39 is 5.67 Å². The highest BCUT2D eigenvalue weighted by Crippen LogP contribution is 2.33. The minimum Gasteiger partial charge on any atom is -0.351 e. The minimum absolute atomic E-state index is 0. The second kappa shape index (κ2) is 6.65. The molecule has 0 atom stereocenters. The summed E-state index contributed by atoms with van der Waals surface area (Å²) >= 11 is 0. The lowest BCUT2D eigenvalue weighted by Gasteiger charge is -2.29. The SMILES string of the molecule is Cc1cnc2ccc(C3=CCc4nc(NCC5(F)CCCCC5)ncc43)nn12.[HH].[HH]. The Morgan fingerprint density at radius 2 is 2.04 bits per heavy atom. The van der Waals surface area contributed by atoms with Crippen LogP contribution in [0.2, 0.25) is 0 Å². The summed E-state index contributed by atoms with van der Waals surface area (Å²) in [5.41, 5.74) is 4.54. The molecule has 0 saturated heterocycles. The van der Waals surface area contributed by atoms with Crippen LogP contribution in [0.25, 0.3) is 11.2 Å². The molecule has 0 aliphatic heterocycles. The Kier molecular flexibility index (Phi) is 4.10. The molecular formula is C21H27FN6. The molecule has 1 fully saturated rings. The number of hydrogen-bond acceptors (Lipinski definition) is 5. The van der Waals surface area contributed by atoms with Crippen LogP contribution in [0, 0.1) is 6.92 Å². The van der Waals surface area contributed by atoms with Gasteiger partial charge in [-0.25, -0.2) is 23.9 Å². The van der Waals surface area contributed by atoms with Gasteiger partial charge in [0, 0.05) is 26.6 Å². The number of allylic oxidation sites excluding steroid dienone is 1. The number of aryl methyl sites for hydroxylation is 1. The first-order valence-electron chi connectivity index (χ1n) is 9.92. The zero-order chi connectivity index (χ0) is 19.1. The van der Waals surface area contributed by atoms with Crippen LogP contribution in [0.5, 0.6) is 0 Å². The zero-order valence-corrected chi connectivity index (χ0v) is 16.0. The Labute approximate surface area is 165 Å². The third kappa shape index (κ3) is 3.04. The molecule has 6 nitrogen and oxygen atoms in total. The zero-order valence-electron chi connectivity index (χ0n) is 16.0. The van der Waals surface area contributed by atoms with Gasteiger partial charge in [-0.3, -0.25) is 0 Å². The fourth-order valence-electron chi connectivity index (χ4n) is 4.17. The van der Waals surface area contributed by atoms with Crippen LogP contribution in [-0.2, 0) is 6.42 Å². The predicted molar refractivity (Wildman–Crippen MR) is 110 cm³/mol. The van der Waals surface area contributed by atoms with Gasteiger partial charge in [-0.2, -0.15) is 5.10 Å². The summed E-state index contributed by atoms with van der Waals surface area (Å²) in [6.45, 7) is 2.27. The summed E-state index contributed by atoms with van der Waals surface area (Å²) < 4.78 is 16.6. The van der Waals surface area contributed by atoms with E-state index in [-0.39, 0.29) is 9.40 Å². The van der Waals surface area contributed by atoms with Gasteiger partial charge >= 0.3 is 0 Å². The van der Waals surface area contributed by atoms with Crippen molar-refractivity contribution in [2.24, 2.45) is 0 Å². The highest BCUT2D eigenvalue weighted by Gasteiger charge is 2.31. The van der Waals surface area contributed by atoms with Gasteiger partial charge < -0.3 is 5.32 Å². The molecule has 0 unspecified atom stereocenters. The first-order valence-corrected chi connectivity index (χ1v) is 9.92. The van der Waals surface area contributed by atoms with Crippen LogP contribution >= 0.6 is 0 Å². The average molecular weight is 382 g/mol. The smallest absolute Gasteiger partial charge is 0.223 e. The van der Waals surface area contributed by atoms with Crippen LogP contribution in [0.3, 0.4) is 0 Å². The second-order valence-corrected chi connectivity index (χ2v) is 7.83. The normalized spacial score (nSPS) is 18.1. The van der Waals surface area contributed by atoms with E-state index in [9.17, 15) is 4.39 Å². The van der Waals surface area contributed by atoms with E-state index >= 15 is 0 Å². The third-order valence-electron chi connectivity index (χ3n) is 5.78. The molecule has 3 aromatic heterocycles. The minimum atomic E-state index is -1.13.